The van der Waals surface area contributed by atoms with Crippen LogP contribution in [0.1, 0.15) is 43.0 Å². The minimum absolute atomic E-state index is 0.112. The van der Waals surface area contributed by atoms with E-state index in [1.54, 1.807) is 18.2 Å². The van der Waals surface area contributed by atoms with E-state index in [1.807, 2.05) is 0 Å². The van der Waals surface area contributed by atoms with Crippen molar-refractivity contribution < 1.29 is 33.2 Å². The van der Waals surface area contributed by atoms with Crippen LogP contribution in [0.3, 0.4) is 0 Å². The largest absolute Gasteiger partial charge is 0.487 e. The van der Waals surface area contributed by atoms with Crippen molar-refractivity contribution in [2.75, 3.05) is 72.6 Å². The van der Waals surface area contributed by atoms with Gasteiger partial charge in [0.2, 0.25) is 0 Å². The number of carbonyl (C=O) groups is 1. The predicted octanol–water partition coefficient (Wildman–Crippen LogP) is 2.83. The van der Waals surface area contributed by atoms with Gasteiger partial charge in [-0.05, 0) is 24.6 Å². The van der Waals surface area contributed by atoms with Gasteiger partial charge in [-0.15, -0.1) is 0 Å². The summed E-state index contributed by atoms with van der Waals surface area (Å²) in [6.07, 6.45) is 4.46. The normalized spacial score (nSPS) is 17.3. The van der Waals surface area contributed by atoms with E-state index in [0.717, 1.165) is 12.8 Å². The third-order valence-corrected chi connectivity index (χ3v) is 4.61. The van der Waals surface area contributed by atoms with Crippen LogP contribution < -0.4 is 14.8 Å². The summed E-state index contributed by atoms with van der Waals surface area (Å²) in [5.41, 5.74) is 0.544. The number of ether oxygens (including phenoxy) is 6. The zero-order chi connectivity index (χ0) is 22.0. The number of rotatable bonds is 6. The molecule has 0 aliphatic carbocycles. The first kappa shape index (κ1) is 25.4. The third-order valence-electron chi connectivity index (χ3n) is 4.61. The Kier molecular flexibility index (Phi) is 13.7. The second kappa shape index (κ2) is 16.8. The molecule has 8 heteroatoms. The van der Waals surface area contributed by atoms with Gasteiger partial charge in [-0.1, -0.05) is 26.2 Å². The van der Waals surface area contributed by atoms with E-state index in [9.17, 15) is 4.79 Å². The highest BCUT2D eigenvalue weighted by atomic mass is 16.6. The number of carbonyl (C=O) groups excluding carboxylic acids is 1. The Labute approximate surface area is 185 Å². The molecule has 1 aromatic rings. The SMILES string of the molecule is CCCCCCNC(=O)c1ccc2c(c1)OCCOCCOCCOCCOCCO2. The van der Waals surface area contributed by atoms with Crippen molar-refractivity contribution in [2.24, 2.45) is 0 Å². The molecule has 1 N–H and O–H groups in total. The second-order valence-corrected chi connectivity index (χ2v) is 7.12. The van der Waals surface area contributed by atoms with Crippen LogP contribution in [-0.4, -0.2) is 78.5 Å². The van der Waals surface area contributed by atoms with Crippen LogP contribution in [-0.2, 0) is 18.9 Å². The molecule has 2 rings (SSSR count). The molecule has 0 saturated heterocycles. The molecule has 31 heavy (non-hydrogen) atoms. The summed E-state index contributed by atoms with van der Waals surface area (Å²) in [6, 6.07) is 5.22. The second-order valence-electron chi connectivity index (χ2n) is 7.12. The summed E-state index contributed by atoms with van der Waals surface area (Å²) in [5, 5.41) is 2.97. The van der Waals surface area contributed by atoms with Gasteiger partial charge in [-0.2, -0.15) is 0 Å². The molecule has 176 valence electrons. The monoisotopic (exact) mass is 439 g/mol. The van der Waals surface area contributed by atoms with Crippen molar-refractivity contribution in [1.29, 1.82) is 0 Å². The highest BCUT2D eigenvalue weighted by molar-refractivity contribution is 5.94. The fraction of sp³-hybridized carbons (Fsp3) is 0.696. The van der Waals surface area contributed by atoms with Crippen molar-refractivity contribution in [1.82, 2.24) is 5.32 Å². The average Bonchev–Trinajstić information content (AvgIpc) is 2.78. The maximum Gasteiger partial charge on any atom is 0.251 e. The molecule has 1 heterocycles. The first-order valence-electron chi connectivity index (χ1n) is 11.3. The van der Waals surface area contributed by atoms with E-state index in [-0.39, 0.29) is 5.91 Å². The van der Waals surface area contributed by atoms with Crippen LogP contribution in [0.4, 0.5) is 0 Å². The van der Waals surface area contributed by atoms with E-state index >= 15 is 0 Å². The van der Waals surface area contributed by atoms with Gasteiger partial charge in [0.05, 0.1) is 52.9 Å². The smallest absolute Gasteiger partial charge is 0.251 e. The molecule has 0 bridgehead atoms. The van der Waals surface area contributed by atoms with Gasteiger partial charge in [-0.25, -0.2) is 0 Å². The lowest BCUT2D eigenvalue weighted by Crippen LogP contribution is -2.24. The summed E-state index contributed by atoms with van der Waals surface area (Å²) in [5.74, 6) is 0.978. The minimum atomic E-state index is -0.112. The quantitative estimate of drug-likeness (QED) is 0.682. The lowest BCUT2D eigenvalue weighted by Gasteiger charge is -2.15. The van der Waals surface area contributed by atoms with Gasteiger partial charge in [-0.3, -0.25) is 4.79 Å². The van der Waals surface area contributed by atoms with E-state index in [0.29, 0.717) is 89.7 Å². The Morgan fingerprint density at radius 3 is 1.87 bits per heavy atom. The van der Waals surface area contributed by atoms with Crippen LogP contribution in [0, 0.1) is 0 Å². The maximum atomic E-state index is 12.5. The van der Waals surface area contributed by atoms with E-state index in [4.69, 9.17) is 28.4 Å². The summed E-state index contributed by atoms with van der Waals surface area (Å²) < 4.78 is 33.6. The molecule has 1 aliphatic heterocycles. The molecule has 8 nitrogen and oxygen atoms in total. The number of amides is 1. The van der Waals surface area contributed by atoms with E-state index in [1.165, 1.54) is 12.8 Å². The predicted molar refractivity (Wildman–Crippen MR) is 117 cm³/mol. The van der Waals surface area contributed by atoms with Gasteiger partial charge >= 0.3 is 0 Å². The lowest BCUT2D eigenvalue weighted by atomic mass is 10.1. The van der Waals surface area contributed by atoms with Crippen molar-refractivity contribution in [3.05, 3.63) is 23.8 Å². The summed E-state index contributed by atoms with van der Waals surface area (Å²) in [6.45, 7) is 7.45. The summed E-state index contributed by atoms with van der Waals surface area (Å²) in [7, 11) is 0. The van der Waals surface area contributed by atoms with Crippen molar-refractivity contribution >= 4 is 5.91 Å². The highest BCUT2D eigenvalue weighted by Gasteiger charge is 2.12. The number of benzene rings is 1. The molecule has 1 aliphatic rings. The first-order valence-corrected chi connectivity index (χ1v) is 11.3. The highest BCUT2D eigenvalue weighted by Crippen LogP contribution is 2.28. The first-order chi connectivity index (χ1) is 15.3. The van der Waals surface area contributed by atoms with Crippen LogP contribution in [0.2, 0.25) is 0 Å². The van der Waals surface area contributed by atoms with Gasteiger partial charge in [0.25, 0.3) is 5.91 Å². The molecule has 0 unspecified atom stereocenters. The van der Waals surface area contributed by atoms with Crippen molar-refractivity contribution in [2.45, 2.75) is 32.6 Å². The average molecular weight is 440 g/mol. The summed E-state index contributed by atoms with van der Waals surface area (Å²) >= 11 is 0. The summed E-state index contributed by atoms with van der Waals surface area (Å²) in [4.78, 5) is 12.5. The number of fused-ring (bicyclic) bond motifs is 1. The lowest BCUT2D eigenvalue weighted by molar-refractivity contribution is -0.00842. The zero-order valence-corrected chi connectivity index (χ0v) is 18.7. The molecule has 0 saturated carbocycles. The van der Waals surface area contributed by atoms with Gasteiger partial charge in [0, 0.05) is 12.1 Å². The van der Waals surface area contributed by atoms with Crippen LogP contribution in [0.15, 0.2) is 18.2 Å². The van der Waals surface area contributed by atoms with Gasteiger partial charge in [0.1, 0.15) is 13.2 Å². The Morgan fingerprint density at radius 1 is 0.742 bits per heavy atom. The van der Waals surface area contributed by atoms with Gasteiger partial charge in [0.15, 0.2) is 11.5 Å². The molecule has 1 aromatic carbocycles. The molecular weight excluding hydrogens is 402 g/mol. The minimum Gasteiger partial charge on any atom is -0.487 e. The van der Waals surface area contributed by atoms with Crippen LogP contribution in [0.5, 0.6) is 11.5 Å². The van der Waals surface area contributed by atoms with Crippen LogP contribution in [0.25, 0.3) is 0 Å². The topological polar surface area (TPSA) is 84.5 Å². The zero-order valence-electron chi connectivity index (χ0n) is 18.7. The van der Waals surface area contributed by atoms with E-state index in [2.05, 4.69) is 12.2 Å². The molecule has 0 aromatic heterocycles. The standard InChI is InChI=1S/C23H37NO7/c1-2-3-4-5-8-24-23(25)20-6-7-21-22(19-20)31-18-16-29-14-12-27-10-9-26-11-13-28-15-17-30-21/h6-7,19H,2-5,8-18H2,1H3,(H,24,25). The van der Waals surface area contributed by atoms with Gasteiger partial charge < -0.3 is 33.7 Å². The van der Waals surface area contributed by atoms with Crippen LogP contribution >= 0.6 is 0 Å². The Bertz CT molecular complexity index is 612. The molecule has 0 spiro atoms. The van der Waals surface area contributed by atoms with Crippen molar-refractivity contribution in [3.63, 3.8) is 0 Å². The Morgan fingerprint density at radius 2 is 1.29 bits per heavy atom. The maximum absolute atomic E-state index is 12.5. The Hall–Kier alpha value is -1.87. The Balaban J connectivity index is 1.91. The fourth-order valence-corrected chi connectivity index (χ4v) is 2.92. The fourth-order valence-electron chi connectivity index (χ4n) is 2.92. The van der Waals surface area contributed by atoms with E-state index < -0.39 is 0 Å². The number of nitrogens with one attached hydrogen (secondary N) is 1. The number of hydrogen-bond acceptors (Lipinski definition) is 7. The van der Waals surface area contributed by atoms with Crippen molar-refractivity contribution in [3.8, 4) is 11.5 Å². The molecule has 1 amide bonds. The number of hydrogen-bond donors (Lipinski definition) is 1. The molecular formula is C23H37NO7. The number of unbranched alkanes of at least 4 members (excludes halogenated alkanes) is 3. The third kappa shape index (κ3) is 11.4. The molecule has 0 radical (unpaired) electrons. The molecule has 0 atom stereocenters. The molecule has 0 fully saturated rings.